The van der Waals surface area contributed by atoms with E-state index in [0.717, 1.165) is 24.6 Å². The lowest BCUT2D eigenvalue weighted by Crippen LogP contribution is -2.01. The maximum Gasteiger partial charge on any atom is 0.294 e. The van der Waals surface area contributed by atoms with Crippen LogP contribution >= 0.6 is 15.9 Å². The van der Waals surface area contributed by atoms with Gasteiger partial charge in [-0.25, -0.2) is 0 Å². The fourth-order valence-corrected chi connectivity index (χ4v) is 1.44. The SMILES string of the molecule is O=[N+]([O-])OCCCCCCCCBr. The monoisotopic (exact) mass is 253 g/mol. The van der Waals surface area contributed by atoms with Crippen LogP contribution in [-0.4, -0.2) is 17.0 Å². The van der Waals surface area contributed by atoms with Crippen LogP contribution in [-0.2, 0) is 4.84 Å². The normalized spacial score (nSPS) is 9.92. The van der Waals surface area contributed by atoms with E-state index in [1.165, 1.54) is 19.3 Å². The highest BCUT2D eigenvalue weighted by atomic mass is 79.9. The molecule has 0 aromatic rings. The van der Waals surface area contributed by atoms with Gasteiger partial charge >= 0.3 is 0 Å². The summed E-state index contributed by atoms with van der Waals surface area (Å²) in [7, 11) is 0. The Balaban J connectivity index is 2.87. The number of halogens is 1. The van der Waals surface area contributed by atoms with Crippen LogP contribution in [0.3, 0.4) is 0 Å². The summed E-state index contributed by atoms with van der Waals surface area (Å²) in [6.45, 7) is 0.242. The van der Waals surface area contributed by atoms with E-state index < -0.39 is 5.09 Å². The van der Waals surface area contributed by atoms with Gasteiger partial charge in [0.25, 0.3) is 5.09 Å². The van der Waals surface area contributed by atoms with E-state index in [4.69, 9.17) is 0 Å². The van der Waals surface area contributed by atoms with Crippen LogP contribution in [0.5, 0.6) is 0 Å². The smallest absolute Gasteiger partial charge is 0.294 e. The van der Waals surface area contributed by atoms with Gasteiger partial charge in [0, 0.05) is 5.33 Å². The summed E-state index contributed by atoms with van der Waals surface area (Å²) in [4.78, 5) is 13.9. The van der Waals surface area contributed by atoms with E-state index in [1.807, 2.05) is 0 Å². The zero-order chi connectivity index (χ0) is 9.94. The molecule has 0 N–H and O–H groups in total. The van der Waals surface area contributed by atoms with E-state index in [9.17, 15) is 10.1 Å². The minimum absolute atomic E-state index is 0.242. The molecule has 0 aromatic heterocycles. The molecule has 0 aromatic carbocycles. The maximum absolute atomic E-state index is 9.75. The molecule has 5 heteroatoms. The molecule has 0 aliphatic heterocycles. The van der Waals surface area contributed by atoms with E-state index in [0.29, 0.717) is 0 Å². The molecule has 4 nitrogen and oxygen atoms in total. The first-order chi connectivity index (χ1) is 6.27. The molecule has 0 amide bonds. The first-order valence-corrected chi connectivity index (χ1v) is 5.73. The molecule has 0 bridgehead atoms. The van der Waals surface area contributed by atoms with Gasteiger partial charge in [-0.1, -0.05) is 41.6 Å². The van der Waals surface area contributed by atoms with Crippen molar-refractivity contribution in [2.24, 2.45) is 0 Å². The molecule has 0 rings (SSSR count). The topological polar surface area (TPSA) is 52.4 Å². The third-order valence-electron chi connectivity index (χ3n) is 1.72. The van der Waals surface area contributed by atoms with Crippen molar-refractivity contribution in [2.45, 2.75) is 38.5 Å². The van der Waals surface area contributed by atoms with Crippen LogP contribution in [0, 0.1) is 10.1 Å². The summed E-state index contributed by atoms with van der Waals surface area (Å²) in [5.41, 5.74) is 0. The first-order valence-electron chi connectivity index (χ1n) is 4.60. The van der Waals surface area contributed by atoms with E-state index in [2.05, 4.69) is 20.8 Å². The molecule has 13 heavy (non-hydrogen) atoms. The number of nitrogens with zero attached hydrogens (tertiary/aromatic N) is 1. The number of unbranched alkanes of at least 4 members (excludes halogenated alkanes) is 5. The highest BCUT2D eigenvalue weighted by Gasteiger charge is 1.94. The van der Waals surface area contributed by atoms with Crippen LogP contribution in [0.25, 0.3) is 0 Å². The molecule has 78 valence electrons. The Hall–Kier alpha value is -0.320. The fraction of sp³-hybridized carbons (Fsp3) is 1.00. The number of hydrogen-bond acceptors (Lipinski definition) is 3. The quantitative estimate of drug-likeness (QED) is 0.275. The largest absolute Gasteiger partial charge is 0.314 e. The molecule has 0 fully saturated rings. The third kappa shape index (κ3) is 11.7. The van der Waals surface area contributed by atoms with E-state index in [-0.39, 0.29) is 6.61 Å². The van der Waals surface area contributed by atoms with Crippen molar-refractivity contribution in [1.29, 1.82) is 0 Å². The summed E-state index contributed by atoms with van der Waals surface area (Å²) in [6.07, 6.45) is 6.62. The molecule has 0 atom stereocenters. The van der Waals surface area contributed by atoms with Gasteiger partial charge in [0.2, 0.25) is 0 Å². The number of alkyl halides is 1. The Morgan fingerprint density at radius 3 is 2.15 bits per heavy atom. The molecule has 0 aliphatic rings. The van der Waals surface area contributed by atoms with Gasteiger partial charge in [-0.2, -0.15) is 0 Å². The summed E-state index contributed by atoms with van der Waals surface area (Å²) in [5.74, 6) is 0. The predicted octanol–water partition coefficient (Wildman–Crippen LogP) is 2.93. The average Bonchev–Trinajstić information content (AvgIpc) is 2.09. The molecule has 0 radical (unpaired) electrons. The van der Waals surface area contributed by atoms with Gasteiger partial charge in [0.15, 0.2) is 0 Å². The maximum atomic E-state index is 9.75. The predicted molar refractivity (Wildman–Crippen MR) is 54.4 cm³/mol. The lowest BCUT2D eigenvalue weighted by Gasteiger charge is -1.99. The molecule has 0 unspecified atom stereocenters. The van der Waals surface area contributed by atoms with E-state index in [1.54, 1.807) is 0 Å². The number of hydrogen-bond donors (Lipinski definition) is 0. The molecule has 0 saturated carbocycles. The van der Waals surface area contributed by atoms with Crippen LogP contribution in [0.15, 0.2) is 0 Å². The molecular formula is C8H16BrNO3. The Labute approximate surface area is 86.9 Å². The van der Waals surface area contributed by atoms with Crippen molar-refractivity contribution in [3.05, 3.63) is 10.1 Å². The van der Waals surface area contributed by atoms with Gasteiger partial charge in [0.05, 0.1) is 6.61 Å². The minimum Gasteiger partial charge on any atom is -0.314 e. The highest BCUT2D eigenvalue weighted by Crippen LogP contribution is 2.06. The van der Waals surface area contributed by atoms with Crippen LogP contribution in [0.2, 0.25) is 0 Å². The Bertz CT molecular complexity index is 133. The average molecular weight is 254 g/mol. The van der Waals surface area contributed by atoms with E-state index >= 15 is 0 Å². The second-order valence-corrected chi connectivity index (χ2v) is 3.66. The number of rotatable bonds is 9. The van der Waals surface area contributed by atoms with Gasteiger partial charge in [0.1, 0.15) is 0 Å². The lowest BCUT2D eigenvalue weighted by atomic mass is 10.1. The molecule has 0 spiro atoms. The van der Waals surface area contributed by atoms with Crippen molar-refractivity contribution < 1.29 is 9.92 Å². The fourth-order valence-electron chi connectivity index (χ4n) is 1.04. The molecule has 0 saturated heterocycles. The van der Waals surface area contributed by atoms with Crippen molar-refractivity contribution >= 4 is 15.9 Å². The standard InChI is InChI=1S/C8H16BrNO3/c9-7-5-3-1-2-4-6-8-13-10(11)12/h1-8H2. The summed E-state index contributed by atoms with van der Waals surface area (Å²) < 4.78 is 0. The summed E-state index contributed by atoms with van der Waals surface area (Å²) in [5, 5.41) is 10.1. The summed E-state index contributed by atoms with van der Waals surface area (Å²) >= 11 is 3.36. The van der Waals surface area contributed by atoms with Crippen molar-refractivity contribution in [3.63, 3.8) is 0 Å². The van der Waals surface area contributed by atoms with Crippen LogP contribution < -0.4 is 0 Å². The third-order valence-corrected chi connectivity index (χ3v) is 2.29. The van der Waals surface area contributed by atoms with Crippen molar-refractivity contribution in [2.75, 3.05) is 11.9 Å². The van der Waals surface area contributed by atoms with Crippen LogP contribution in [0.4, 0.5) is 0 Å². The molecular weight excluding hydrogens is 238 g/mol. The first kappa shape index (κ1) is 12.7. The van der Waals surface area contributed by atoms with Gasteiger partial charge in [-0.3, -0.25) is 0 Å². The zero-order valence-corrected chi connectivity index (χ0v) is 9.29. The van der Waals surface area contributed by atoms with Crippen LogP contribution in [0.1, 0.15) is 38.5 Å². The lowest BCUT2D eigenvalue weighted by molar-refractivity contribution is -0.757. The summed E-state index contributed by atoms with van der Waals surface area (Å²) in [6, 6.07) is 0. The minimum atomic E-state index is -0.731. The zero-order valence-electron chi connectivity index (χ0n) is 7.71. The molecule has 0 heterocycles. The van der Waals surface area contributed by atoms with Gasteiger partial charge < -0.3 is 4.84 Å². The van der Waals surface area contributed by atoms with Crippen molar-refractivity contribution in [3.8, 4) is 0 Å². The Morgan fingerprint density at radius 2 is 1.62 bits per heavy atom. The molecule has 0 aliphatic carbocycles. The Morgan fingerprint density at radius 1 is 1.08 bits per heavy atom. The Kier molecular flexibility index (Phi) is 9.53. The highest BCUT2D eigenvalue weighted by molar-refractivity contribution is 9.09. The second-order valence-electron chi connectivity index (χ2n) is 2.87. The van der Waals surface area contributed by atoms with Gasteiger partial charge in [-0.05, 0) is 12.8 Å². The van der Waals surface area contributed by atoms with Gasteiger partial charge in [-0.15, -0.1) is 10.1 Å². The van der Waals surface area contributed by atoms with Crippen molar-refractivity contribution in [1.82, 2.24) is 0 Å². The second kappa shape index (κ2) is 9.77.